The third kappa shape index (κ3) is 18.0. The fraction of sp³-hybridized carbons (Fsp3) is 0.448. The highest BCUT2D eigenvalue weighted by Crippen LogP contribution is 2.46. The molecule has 0 amide bonds. The van der Waals surface area contributed by atoms with E-state index < -0.39 is 21.7 Å². The van der Waals surface area contributed by atoms with Crippen LogP contribution >= 0.6 is 0 Å². The third-order valence-electron chi connectivity index (χ3n) is 21.0. The first-order valence-electron chi connectivity index (χ1n) is 36.8. The van der Waals surface area contributed by atoms with Crippen molar-refractivity contribution in [2.24, 2.45) is 0 Å². The van der Waals surface area contributed by atoms with Gasteiger partial charge < -0.3 is 75.8 Å². The summed E-state index contributed by atoms with van der Waals surface area (Å²) in [5, 5.41) is 0. The Bertz CT molecular complexity index is 4160. The van der Waals surface area contributed by atoms with Crippen LogP contribution in [0.4, 0.5) is 0 Å². The Morgan fingerprint density at radius 1 is 0.311 bits per heavy atom. The van der Waals surface area contributed by atoms with Crippen LogP contribution < -0.4 is 37.9 Å². The molecular weight excluding hydrogens is 1300 g/mol. The maximum atomic E-state index is 7.34. The molecule has 6 unspecified atom stereocenters. The van der Waals surface area contributed by atoms with Crippen molar-refractivity contribution in [2.45, 2.75) is 153 Å². The summed E-state index contributed by atoms with van der Waals surface area (Å²) in [7, 11) is 0. The summed E-state index contributed by atoms with van der Waals surface area (Å²) in [6.45, 7) is 29.9. The maximum absolute atomic E-state index is 7.34. The molecule has 6 saturated heterocycles. The fourth-order valence-corrected chi connectivity index (χ4v) is 13.3. The van der Waals surface area contributed by atoms with Crippen molar-refractivity contribution in [3.05, 3.63) is 236 Å². The molecular formula is C87H100O16. The smallest absolute Gasteiger partial charge is 0.202 e. The zero-order valence-corrected chi connectivity index (χ0v) is 61.4. The Hall–Kier alpha value is -8.16. The minimum Gasteiger partial charge on any atom is -0.491 e. The van der Waals surface area contributed by atoms with Gasteiger partial charge in [0.15, 0.2) is 13.6 Å². The summed E-state index contributed by atoms with van der Waals surface area (Å²) in [6, 6.07) is 56.4. The van der Waals surface area contributed by atoms with Crippen LogP contribution in [0, 0.1) is 0 Å². The Morgan fingerprint density at radius 2 is 0.583 bits per heavy atom. The highest BCUT2D eigenvalue weighted by Gasteiger charge is 2.35. The summed E-state index contributed by atoms with van der Waals surface area (Å²) in [5.41, 5.74) is 13.0. The SMILES string of the molecule is CCOCOc1ccc(C(C)(C)c2ccc(OCC3CO3)cc2)cc1Cc1cc(C(C)(C)c2ccc(OCC3CO3)cc2)cc(Cc2cc(C(C)(C)c3ccc(OCC4CO4)cc3)cc(Cc3cc(C(C)(C)c4ccc(OC5CCO5)cc4)ccc3OCOCC)c2OCC2CO2)c1OCC1CO1. The summed E-state index contributed by atoms with van der Waals surface area (Å²) in [6.07, 6.45) is 2.32. The second kappa shape index (κ2) is 31.3. The van der Waals surface area contributed by atoms with Gasteiger partial charge in [-0.3, -0.25) is 0 Å². The molecule has 0 spiro atoms. The molecule has 6 heterocycles. The number of hydrogen-bond donors (Lipinski definition) is 0. The number of hydrogen-bond acceptors (Lipinski definition) is 16. The first kappa shape index (κ1) is 71.8. The lowest BCUT2D eigenvalue weighted by molar-refractivity contribution is -0.165. The summed E-state index contributed by atoms with van der Waals surface area (Å²) >= 11 is 0. The summed E-state index contributed by atoms with van der Waals surface area (Å²) < 4.78 is 98.4. The predicted molar refractivity (Wildman–Crippen MR) is 394 cm³/mol. The fourth-order valence-electron chi connectivity index (χ4n) is 13.3. The van der Waals surface area contributed by atoms with Crippen molar-refractivity contribution in [1.29, 1.82) is 0 Å². The molecule has 6 aliphatic rings. The van der Waals surface area contributed by atoms with Crippen molar-refractivity contribution in [1.82, 2.24) is 0 Å². The van der Waals surface area contributed by atoms with Gasteiger partial charge in [0, 0.05) is 60.6 Å². The molecule has 8 aromatic rings. The highest BCUT2D eigenvalue weighted by molar-refractivity contribution is 5.60. The quantitative estimate of drug-likeness (QED) is 0.0203. The molecule has 103 heavy (non-hydrogen) atoms. The lowest BCUT2D eigenvalue weighted by atomic mass is 9.75. The first-order chi connectivity index (χ1) is 49.9. The Kier molecular flexibility index (Phi) is 21.8. The van der Waals surface area contributed by atoms with E-state index in [0.29, 0.717) is 85.3 Å². The van der Waals surface area contributed by atoms with Crippen molar-refractivity contribution in [3.8, 4) is 46.0 Å². The van der Waals surface area contributed by atoms with Crippen molar-refractivity contribution in [3.63, 3.8) is 0 Å². The van der Waals surface area contributed by atoms with Gasteiger partial charge in [-0.05, 0) is 152 Å². The Labute approximate surface area is 607 Å². The van der Waals surface area contributed by atoms with Crippen LogP contribution in [0.25, 0.3) is 0 Å². The van der Waals surface area contributed by atoms with Crippen LogP contribution in [0.3, 0.4) is 0 Å². The summed E-state index contributed by atoms with van der Waals surface area (Å²) in [4.78, 5) is 0. The molecule has 16 nitrogen and oxygen atoms in total. The third-order valence-corrected chi connectivity index (χ3v) is 21.0. The van der Waals surface area contributed by atoms with Gasteiger partial charge in [0.1, 0.15) is 110 Å². The number of ether oxygens (including phenoxy) is 16. The Morgan fingerprint density at radius 3 is 0.874 bits per heavy atom. The lowest BCUT2D eigenvalue weighted by Gasteiger charge is -2.31. The Balaban J connectivity index is 0.920. The monoisotopic (exact) mass is 1400 g/mol. The van der Waals surface area contributed by atoms with Crippen LogP contribution in [0.15, 0.2) is 158 Å². The van der Waals surface area contributed by atoms with Crippen LogP contribution in [0.1, 0.15) is 154 Å². The van der Waals surface area contributed by atoms with Gasteiger partial charge in [0.05, 0.1) is 39.6 Å². The highest BCUT2D eigenvalue weighted by atomic mass is 16.7. The molecule has 0 bridgehead atoms. The van der Waals surface area contributed by atoms with E-state index in [-0.39, 0.29) is 50.4 Å². The number of rotatable bonds is 39. The van der Waals surface area contributed by atoms with Crippen molar-refractivity contribution >= 4 is 0 Å². The number of epoxide rings is 5. The maximum Gasteiger partial charge on any atom is 0.202 e. The largest absolute Gasteiger partial charge is 0.491 e. The van der Waals surface area contributed by atoms with E-state index in [2.05, 4.69) is 201 Å². The van der Waals surface area contributed by atoms with Gasteiger partial charge in [-0.1, -0.05) is 152 Å². The lowest BCUT2D eigenvalue weighted by Crippen LogP contribution is -2.32. The molecule has 0 aliphatic carbocycles. The van der Waals surface area contributed by atoms with Crippen LogP contribution in [0.2, 0.25) is 0 Å². The van der Waals surface area contributed by atoms with Gasteiger partial charge in [0.25, 0.3) is 0 Å². The molecule has 0 radical (unpaired) electrons. The van der Waals surface area contributed by atoms with Gasteiger partial charge in [0.2, 0.25) is 6.29 Å². The van der Waals surface area contributed by atoms with Crippen molar-refractivity contribution in [2.75, 3.05) is 99.5 Å². The zero-order chi connectivity index (χ0) is 71.3. The van der Waals surface area contributed by atoms with Gasteiger partial charge in [-0.15, -0.1) is 0 Å². The topological polar surface area (TPSA) is 164 Å². The van der Waals surface area contributed by atoms with E-state index in [4.69, 9.17) is 75.8 Å². The van der Waals surface area contributed by atoms with Gasteiger partial charge in [-0.2, -0.15) is 0 Å². The molecule has 16 heteroatoms. The minimum atomic E-state index is -0.546. The summed E-state index contributed by atoms with van der Waals surface area (Å²) in [5.74, 6) is 6.20. The van der Waals surface area contributed by atoms with E-state index in [1.54, 1.807) is 0 Å². The van der Waals surface area contributed by atoms with E-state index >= 15 is 0 Å². The predicted octanol–water partition coefficient (Wildman–Crippen LogP) is 15.5. The average molecular weight is 1400 g/mol. The van der Waals surface area contributed by atoms with Crippen LogP contribution in [-0.2, 0) is 78.8 Å². The first-order valence-corrected chi connectivity index (χ1v) is 36.8. The second-order valence-electron chi connectivity index (χ2n) is 30.1. The molecule has 14 rings (SSSR count). The normalized spacial score (nSPS) is 19.6. The molecule has 544 valence electrons. The van der Waals surface area contributed by atoms with E-state index in [0.717, 1.165) is 150 Å². The minimum absolute atomic E-state index is 0.0515. The average Bonchev–Trinajstić information content (AvgIpc) is 1.73. The van der Waals surface area contributed by atoms with Crippen LogP contribution in [0.5, 0.6) is 46.0 Å². The molecule has 6 fully saturated rings. The van der Waals surface area contributed by atoms with Crippen molar-refractivity contribution < 1.29 is 75.8 Å². The van der Waals surface area contributed by atoms with E-state index in [1.165, 1.54) is 0 Å². The standard InChI is InChI=1S/C87H100O16/c1-11-88-54-101-79-31-21-66(84(3,4)62-13-23-70(24-14-62)91-44-74-47-94-74)38-56(79)35-58-40-68(86(7,8)64-15-25-71(26-16-64)92-45-75-48-95-75)42-60(82(58)99-52-77-50-97-77)37-61-43-69(87(9,10)65-17-27-72(28-18-65)93-46-76-49-96-76)41-59(83(61)100-53-78-51-98-78)36-57-39-67(22-32-80(57)102-55-89-12-2)85(5,6)63-19-29-73(30-20-63)103-81-33-34-90-81/h13-32,38-43,74-78,81H,11-12,33-37,44-55H2,1-10H3. The molecule has 0 N–H and O–H groups in total. The second-order valence-corrected chi connectivity index (χ2v) is 30.1. The zero-order valence-electron chi connectivity index (χ0n) is 61.4. The molecule has 6 atom stereocenters. The molecule has 0 aromatic heterocycles. The van der Waals surface area contributed by atoms with Crippen LogP contribution in [-0.4, -0.2) is 136 Å². The van der Waals surface area contributed by atoms with E-state index in [9.17, 15) is 0 Å². The van der Waals surface area contributed by atoms with Gasteiger partial charge >= 0.3 is 0 Å². The molecule has 6 aliphatic heterocycles. The van der Waals surface area contributed by atoms with Gasteiger partial charge in [-0.25, -0.2) is 0 Å². The van der Waals surface area contributed by atoms with E-state index in [1.807, 2.05) is 26.0 Å². The molecule has 0 saturated carbocycles. The molecule has 8 aromatic carbocycles. The number of benzene rings is 8.